The number of anilines is 1. The number of carbonyl (C=O) groups excluding carboxylic acids is 2. The minimum absolute atomic E-state index is 0.00188. The van der Waals surface area contributed by atoms with E-state index in [1.807, 2.05) is 0 Å². The van der Waals surface area contributed by atoms with Crippen molar-refractivity contribution in [1.29, 1.82) is 0 Å². The fourth-order valence-corrected chi connectivity index (χ4v) is 2.22. The third-order valence-electron chi connectivity index (χ3n) is 3.43. The standard InChI is InChI=1S/C17H9F4N3O3/c18-9-6-10(19)14(21)16(13(9)20)24-12(25)7-27-17(26)8-2-1-3-11-15(8)23-5-4-22-11/h1-6H,7H2,(H,24,25). The first-order chi connectivity index (χ1) is 12.9. The Labute approximate surface area is 148 Å². The van der Waals surface area contributed by atoms with Crippen molar-refractivity contribution in [3.05, 3.63) is 65.5 Å². The number of aromatic nitrogens is 2. The van der Waals surface area contributed by atoms with Crippen molar-refractivity contribution in [1.82, 2.24) is 9.97 Å². The molecule has 0 aliphatic rings. The Bertz CT molecular complexity index is 1030. The van der Waals surface area contributed by atoms with Gasteiger partial charge in [-0.3, -0.25) is 14.8 Å². The van der Waals surface area contributed by atoms with Crippen LogP contribution in [-0.2, 0) is 9.53 Å². The van der Waals surface area contributed by atoms with Crippen LogP contribution in [0.4, 0.5) is 23.2 Å². The molecule has 3 aromatic rings. The van der Waals surface area contributed by atoms with E-state index in [0.29, 0.717) is 5.52 Å². The molecule has 1 amide bonds. The molecule has 1 heterocycles. The Morgan fingerprint density at radius 1 is 1.00 bits per heavy atom. The highest BCUT2D eigenvalue weighted by Gasteiger charge is 2.22. The van der Waals surface area contributed by atoms with Crippen LogP contribution in [0.2, 0.25) is 0 Å². The average molecular weight is 379 g/mol. The fraction of sp³-hybridized carbons (Fsp3) is 0.0588. The van der Waals surface area contributed by atoms with Crippen molar-refractivity contribution in [2.24, 2.45) is 0 Å². The van der Waals surface area contributed by atoms with Gasteiger partial charge in [0.05, 0.1) is 11.1 Å². The fourth-order valence-electron chi connectivity index (χ4n) is 2.22. The van der Waals surface area contributed by atoms with E-state index in [1.54, 1.807) is 11.4 Å². The predicted molar refractivity (Wildman–Crippen MR) is 84.7 cm³/mol. The summed E-state index contributed by atoms with van der Waals surface area (Å²) in [4.78, 5) is 31.9. The number of esters is 1. The van der Waals surface area contributed by atoms with Crippen LogP contribution in [0.5, 0.6) is 0 Å². The number of benzene rings is 2. The Morgan fingerprint density at radius 3 is 2.37 bits per heavy atom. The van der Waals surface area contributed by atoms with Crippen LogP contribution < -0.4 is 5.32 Å². The largest absolute Gasteiger partial charge is 0.452 e. The van der Waals surface area contributed by atoms with E-state index in [1.165, 1.54) is 24.5 Å². The molecule has 3 rings (SSSR count). The van der Waals surface area contributed by atoms with Gasteiger partial charge in [0.2, 0.25) is 0 Å². The lowest BCUT2D eigenvalue weighted by molar-refractivity contribution is -0.119. The number of hydrogen-bond donors (Lipinski definition) is 1. The molecular weight excluding hydrogens is 370 g/mol. The number of halogens is 4. The predicted octanol–water partition coefficient (Wildman–Crippen LogP) is 2.98. The summed E-state index contributed by atoms with van der Waals surface area (Å²) in [6.45, 7) is -0.952. The molecule has 0 aliphatic heterocycles. The molecule has 0 spiro atoms. The van der Waals surface area contributed by atoms with E-state index < -0.39 is 47.4 Å². The number of carbonyl (C=O) groups is 2. The first-order valence-electron chi connectivity index (χ1n) is 7.38. The summed E-state index contributed by atoms with van der Waals surface area (Å²) in [5.41, 5.74) is -0.655. The molecule has 0 bridgehead atoms. The highest BCUT2D eigenvalue weighted by Crippen LogP contribution is 2.24. The van der Waals surface area contributed by atoms with Gasteiger partial charge in [0.25, 0.3) is 5.91 Å². The van der Waals surface area contributed by atoms with Crippen molar-refractivity contribution >= 4 is 28.6 Å². The van der Waals surface area contributed by atoms with E-state index in [9.17, 15) is 27.2 Å². The topological polar surface area (TPSA) is 81.2 Å². The van der Waals surface area contributed by atoms with E-state index >= 15 is 0 Å². The second kappa shape index (κ2) is 7.36. The number of para-hydroxylation sites is 1. The highest BCUT2D eigenvalue weighted by molar-refractivity contribution is 6.02. The van der Waals surface area contributed by atoms with Crippen LogP contribution in [0.15, 0.2) is 36.7 Å². The SMILES string of the molecule is O=C(COC(=O)c1cccc2nccnc12)Nc1c(F)c(F)cc(F)c1F. The van der Waals surface area contributed by atoms with Crippen LogP contribution in [-0.4, -0.2) is 28.5 Å². The highest BCUT2D eigenvalue weighted by atomic mass is 19.2. The zero-order chi connectivity index (χ0) is 19.6. The van der Waals surface area contributed by atoms with Gasteiger partial charge in [-0.15, -0.1) is 0 Å². The van der Waals surface area contributed by atoms with Crippen molar-refractivity contribution < 1.29 is 31.9 Å². The first kappa shape index (κ1) is 18.2. The molecule has 0 unspecified atom stereocenters. The molecule has 1 aromatic heterocycles. The van der Waals surface area contributed by atoms with Crippen LogP contribution in [0.3, 0.4) is 0 Å². The Hall–Kier alpha value is -3.56. The number of amides is 1. The Balaban J connectivity index is 1.72. The van der Waals surface area contributed by atoms with Crippen LogP contribution in [0.25, 0.3) is 11.0 Å². The Morgan fingerprint density at radius 2 is 1.67 bits per heavy atom. The van der Waals surface area contributed by atoms with E-state index in [4.69, 9.17) is 4.74 Å². The van der Waals surface area contributed by atoms with Crippen LogP contribution in [0, 0.1) is 23.3 Å². The summed E-state index contributed by atoms with van der Waals surface area (Å²) in [6, 6.07) is 4.52. The maximum absolute atomic E-state index is 13.5. The van der Waals surface area contributed by atoms with Crippen LogP contribution >= 0.6 is 0 Å². The summed E-state index contributed by atoms with van der Waals surface area (Å²) < 4.78 is 58.0. The lowest BCUT2D eigenvalue weighted by Gasteiger charge is -2.10. The third-order valence-corrected chi connectivity index (χ3v) is 3.43. The molecule has 2 aromatic carbocycles. The number of fused-ring (bicyclic) bond motifs is 1. The van der Waals surface area contributed by atoms with Gasteiger partial charge in [-0.2, -0.15) is 0 Å². The van der Waals surface area contributed by atoms with Gasteiger partial charge < -0.3 is 10.1 Å². The van der Waals surface area contributed by atoms with Gasteiger partial charge in [0.1, 0.15) is 11.2 Å². The molecule has 6 nitrogen and oxygen atoms in total. The molecular formula is C17H9F4N3O3. The smallest absolute Gasteiger partial charge is 0.340 e. The zero-order valence-corrected chi connectivity index (χ0v) is 13.3. The molecule has 0 atom stereocenters. The quantitative estimate of drug-likeness (QED) is 0.428. The van der Waals surface area contributed by atoms with Crippen molar-refractivity contribution in [3.8, 4) is 0 Å². The lowest BCUT2D eigenvalue weighted by Crippen LogP contribution is -2.23. The van der Waals surface area contributed by atoms with E-state index in [0.717, 1.165) is 0 Å². The van der Waals surface area contributed by atoms with Crippen molar-refractivity contribution in [2.75, 3.05) is 11.9 Å². The summed E-state index contributed by atoms with van der Waals surface area (Å²) >= 11 is 0. The molecule has 0 fully saturated rings. The Kier molecular flexibility index (Phi) is 4.97. The first-order valence-corrected chi connectivity index (χ1v) is 7.38. The van der Waals surface area contributed by atoms with Gasteiger partial charge in [0.15, 0.2) is 29.9 Å². The normalized spacial score (nSPS) is 10.7. The second-order valence-corrected chi connectivity index (χ2v) is 5.20. The summed E-state index contributed by atoms with van der Waals surface area (Å²) in [5, 5.41) is 1.63. The molecule has 138 valence electrons. The molecule has 0 saturated carbocycles. The molecule has 0 aliphatic carbocycles. The molecule has 27 heavy (non-hydrogen) atoms. The molecule has 1 N–H and O–H groups in total. The van der Waals surface area contributed by atoms with Gasteiger partial charge in [0, 0.05) is 18.5 Å². The third kappa shape index (κ3) is 3.68. The minimum Gasteiger partial charge on any atom is -0.452 e. The van der Waals surface area contributed by atoms with Gasteiger partial charge >= 0.3 is 5.97 Å². The monoisotopic (exact) mass is 379 g/mol. The molecule has 0 radical (unpaired) electrons. The summed E-state index contributed by atoms with van der Waals surface area (Å²) in [6.07, 6.45) is 2.78. The summed E-state index contributed by atoms with van der Waals surface area (Å²) in [7, 11) is 0. The van der Waals surface area contributed by atoms with Gasteiger partial charge in [-0.25, -0.2) is 22.4 Å². The number of ether oxygens (including phenoxy) is 1. The number of nitrogens with zero attached hydrogens (tertiary/aromatic N) is 2. The maximum atomic E-state index is 13.5. The van der Waals surface area contributed by atoms with Crippen molar-refractivity contribution in [3.63, 3.8) is 0 Å². The number of hydrogen-bond acceptors (Lipinski definition) is 5. The maximum Gasteiger partial charge on any atom is 0.340 e. The lowest BCUT2D eigenvalue weighted by atomic mass is 10.2. The van der Waals surface area contributed by atoms with Crippen molar-refractivity contribution in [2.45, 2.75) is 0 Å². The van der Waals surface area contributed by atoms with Crippen LogP contribution in [0.1, 0.15) is 10.4 Å². The minimum atomic E-state index is -1.78. The number of nitrogens with one attached hydrogen (secondary N) is 1. The second-order valence-electron chi connectivity index (χ2n) is 5.20. The van der Waals surface area contributed by atoms with E-state index in [2.05, 4.69) is 9.97 Å². The zero-order valence-electron chi connectivity index (χ0n) is 13.3. The average Bonchev–Trinajstić information content (AvgIpc) is 2.67. The summed E-state index contributed by atoms with van der Waals surface area (Å²) in [5.74, 6) is -9.07. The van der Waals surface area contributed by atoms with Gasteiger partial charge in [-0.1, -0.05) is 6.07 Å². The molecule has 10 heteroatoms. The van der Waals surface area contributed by atoms with Gasteiger partial charge in [-0.05, 0) is 12.1 Å². The number of rotatable bonds is 4. The van der Waals surface area contributed by atoms with E-state index in [-0.39, 0.29) is 17.1 Å². The molecule has 0 saturated heterocycles.